The van der Waals surface area contributed by atoms with Crippen molar-refractivity contribution in [3.05, 3.63) is 42.0 Å². The van der Waals surface area contributed by atoms with E-state index in [1.54, 1.807) is 0 Å². The summed E-state index contributed by atoms with van der Waals surface area (Å²) in [6, 6.07) is 10.3. The van der Waals surface area contributed by atoms with Gasteiger partial charge in [-0.2, -0.15) is 0 Å². The second kappa shape index (κ2) is 2.76. The first-order valence-corrected chi connectivity index (χ1v) is 4.17. The van der Waals surface area contributed by atoms with Gasteiger partial charge in [-0.1, -0.05) is 42.5 Å². The summed E-state index contributed by atoms with van der Waals surface area (Å²) in [7, 11) is 0. The molecule has 2 rings (SSSR count). The number of ether oxygens (including phenoxy) is 1. The Bertz CT molecular complexity index is 283. The van der Waals surface area contributed by atoms with Crippen LogP contribution in [0, 0.1) is 0 Å². The molecule has 62 valence electrons. The SMILES string of the molecule is CC1(/C=C/c2ccccc2)CO1. The number of benzene rings is 1. The summed E-state index contributed by atoms with van der Waals surface area (Å²) in [4.78, 5) is 0. The van der Waals surface area contributed by atoms with E-state index in [4.69, 9.17) is 4.74 Å². The molecule has 1 aliphatic heterocycles. The Labute approximate surface area is 72.7 Å². The Hall–Kier alpha value is -1.08. The molecule has 0 radical (unpaired) electrons. The highest BCUT2D eigenvalue weighted by Gasteiger charge is 2.35. The minimum absolute atomic E-state index is 0.0237. The lowest BCUT2D eigenvalue weighted by molar-refractivity contribution is 0.370. The lowest BCUT2D eigenvalue weighted by Crippen LogP contribution is -1.96. The summed E-state index contributed by atoms with van der Waals surface area (Å²) >= 11 is 0. The molecular formula is C11H12O. The van der Waals surface area contributed by atoms with Gasteiger partial charge in [0.25, 0.3) is 0 Å². The quantitative estimate of drug-likeness (QED) is 0.605. The molecule has 1 saturated heterocycles. The van der Waals surface area contributed by atoms with Gasteiger partial charge < -0.3 is 4.74 Å². The van der Waals surface area contributed by atoms with Crippen molar-refractivity contribution in [3.63, 3.8) is 0 Å². The predicted octanol–water partition coefficient (Wildman–Crippen LogP) is 2.49. The third kappa shape index (κ3) is 1.74. The summed E-state index contributed by atoms with van der Waals surface area (Å²) in [5, 5.41) is 0. The molecule has 0 saturated carbocycles. The Morgan fingerprint density at radius 3 is 2.58 bits per heavy atom. The second-order valence-corrected chi connectivity index (χ2v) is 3.35. The molecule has 1 nitrogen and oxygen atoms in total. The Morgan fingerprint density at radius 1 is 1.33 bits per heavy atom. The van der Waals surface area contributed by atoms with E-state index in [9.17, 15) is 0 Å². The minimum Gasteiger partial charge on any atom is -0.365 e. The van der Waals surface area contributed by atoms with E-state index in [0.29, 0.717) is 0 Å². The van der Waals surface area contributed by atoms with Gasteiger partial charge >= 0.3 is 0 Å². The molecule has 0 spiro atoms. The maximum Gasteiger partial charge on any atom is 0.107 e. The summed E-state index contributed by atoms with van der Waals surface area (Å²) < 4.78 is 5.23. The second-order valence-electron chi connectivity index (χ2n) is 3.35. The highest BCUT2D eigenvalue weighted by atomic mass is 16.6. The van der Waals surface area contributed by atoms with Crippen molar-refractivity contribution in [1.29, 1.82) is 0 Å². The van der Waals surface area contributed by atoms with Gasteiger partial charge in [0.05, 0.1) is 6.61 Å². The molecule has 1 unspecified atom stereocenters. The number of hydrogen-bond acceptors (Lipinski definition) is 1. The van der Waals surface area contributed by atoms with E-state index < -0.39 is 0 Å². The first-order chi connectivity index (χ1) is 5.79. The van der Waals surface area contributed by atoms with Gasteiger partial charge in [0.2, 0.25) is 0 Å². The van der Waals surface area contributed by atoms with Crippen LogP contribution in [-0.2, 0) is 4.74 Å². The molecule has 1 atom stereocenters. The lowest BCUT2D eigenvalue weighted by atomic mass is 10.1. The largest absolute Gasteiger partial charge is 0.365 e. The molecule has 0 amide bonds. The normalized spacial score (nSPS) is 27.8. The van der Waals surface area contributed by atoms with Crippen molar-refractivity contribution >= 4 is 6.08 Å². The van der Waals surface area contributed by atoms with Crippen molar-refractivity contribution in [2.45, 2.75) is 12.5 Å². The van der Waals surface area contributed by atoms with E-state index in [1.807, 2.05) is 18.2 Å². The molecule has 1 heteroatoms. The molecule has 1 heterocycles. The Balaban J connectivity index is 2.08. The minimum atomic E-state index is 0.0237. The van der Waals surface area contributed by atoms with Crippen molar-refractivity contribution in [2.24, 2.45) is 0 Å². The first kappa shape index (κ1) is 7.56. The molecule has 0 N–H and O–H groups in total. The van der Waals surface area contributed by atoms with E-state index in [1.165, 1.54) is 5.56 Å². The van der Waals surface area contributed by atoms with Crippen LogP contribution in [0.25, 0.3) is 6.08 Å². The van der Waals surface area contributed by atoms with E-state index >= 15 is 0 Å². The number of rotatable bonds is 2. The number of epoxide rings is 1. The topological polar surface area (TPSA) is 12.5 Å². The molecule has 12 heavy (non-hydrogen) atoms. The van der Waals surface area contributed by atoms with Gasteiger partial charge in [-0.25, -0.2) is 0 Å². The van der Waals surface area contributed by atoms with Crippen LogP contribution in [0.5, 0.6) is 0 Å². The van der Waals surface area contributed by atoms with Crippen LogP contribution in [0.1, 0.15) is 12.5 Å². The maximum absolute atomic E-state index is 5.23. The van der Waals surface area contributed by atoms with Gasteiger partial charge in [0.15, 0.2) is 0 Å². The fraction of sp³-hybridized carbons (Fsp3) is 0.273. The standard InChI is InChI=1S/C11H12O/c1-11(9-12-11)8-7-10-5-3-2-4-6-10/h2-8H,9H2,1H3/b8-7+. The fourth-order valence-corrected chi connectivity index (χ4v) is 1.05. The zero-order chi connectivity index (χ0) is 8.44. The smallest absolute Gasteiger partial charge is 0.107 e. The summed E-state index contributed by atoms with van der Waals surface area (Å²) in [5.74, 6) is 0. The molecular weight excluding hydrogens is 148 g/mol. The van der Waals surface area contributed by atoms with E-state index in [2.05, 4.69) is 31.2 Å². The maximum atomic E-state index is 5.23. The van der Waals surface area contributed by atoms with Gasteiger partial charge in [-0.3, -0.25) is 0 Å². The van der Waals surface area contributed by atoms with Gasteiger partial charge in [0, 0.05) is 0 Å². The molecule has 0 aliphatic carbocycles. The fourth-order valence-electron chi connectivity index (χ4n) is 1.05. The van der Waals surface area contributed by atoms with Gasteiger partial charge in [-0.15, -0.1) is 0 Å². The van der Waals surface area contributed by atoms with Crippen LogP contribution in [0.15, 0.2) is 36.4 Å². The highest BCUT2D eigenvalue weighted by Crippen LogP contribution is 2.27. The third-order valence-corrected chi connectivity index (χ3v) is 2.03. The van der Waals surface area contributed by atoms with Crippen molar-refractivity contribution in [3.8, 4) is 0 Å². The molecule has 1 aromatic rings. The van der Waals surface area contributed by atoms with Crippen LogP contribution < -0.4 is 0 Å². The van der Waals surface area contributed by atoms with Crippen molar-refractivity contribution in [1.82, 2.24) is 0 Å². The zero-order valence-electron chi connectivity index (χ0n) is 7.16. The van der Waals surface area contributed by atoms with E-state index in [0.717, 1.165) is 6.61 Å². The van der Waals surface area contributed by atoms with Crippen LogP contribution in [0.2, 0.25) is 0 Å². The van der Waals surface area contributed by atoms with Gasteiger partial charge in [-0.05, 0) is 12.5 Å². The Morgan fingerprint density at radius 2 is 2.00 bits per heavy atom. The van der Waals surface area contributed by atoms with E-state index in [-0.39, 0.29) is 5.60 Å². The zero-order valence-corrected chi connectivity index (χ0v) is 7.16. The van der Waals surface area contributed by atoms with Crippen molar-refractivity contribution in [2.75, 3.05) is 6.61 Å². The molecule has 1 fully saturated rings. The van der Waals surface area contributed by atoms with Crippen molar-refractivity contribution < 1.29 is 4.74 Å². The predicted molar refractivity (Wildman–Crippen MR) is 49.8 cm³/mol. The van der Waals surface area contributed by atoms with Crippen LogP contribution >= 0.6 is 0 Å². The highest BCUT2D eigenvalue weighted by molar-refractivity contribution is 5.50. The average molecular weight is 160 g/mol. The third-order valence-electron chi connectivity index (χ3n) is 2.03. The molecule has 0 bridgehead atoms. The Kier molecular flexibility index (Phi) is 1.74. The summed E-state index contributed by atoms with van der Waals surface area (Å²) in [6.45, 7) is 2.95. The lowest BCUT2D eigenvalue weighted by Gasteiger charge is -1.94. The average Bonchev–Trinajstić information content (AvgIpc) is 2.84. The summed E-state index contributed by atoms with van der Waals surface area (Å²) in [6.07, 6.45) is 4.22. The van der Waals surface area contributed by atoms with Crippen LogP contribution in [-0.4, -0.2) is 12.2 Å². The van der Waals surface area contributed by atoms with Crippen LogP contribution in [0.4, 0.5) is 0 Å². The number of hydrogen-bond donors (Lipinski definition) is 0. The molecule has 1 aliphatic rings. The van der Waals surface area contributed by atoms with Gasteiger partial charge in [0.1, 0.15) is 5.60 Å². The van der Waals surface area contributed by atoms with Crippen LogP contribution in [0.3, 0.4) is 0 Å². The first-order valence-electron chi connectivity index (χ1n) is 4.17. The summed E-state index contributed by atoms with van der Waals surface area (Å²) in [5.41, 5.74) is 1.25. The molecule has 0 aromatic heterocycles. The monoisotopic (exact) mass is 160 g/mol. The molecule has 1 aromatic carbocycles.